The summed E-state index contributed by atoms with van der Waals surface area (Å²) in [7, 11) is 0. The maximum atomic E-state index is 11.7. The molecule has 18 heavy (non-hydrogen) atoms. The van der Waals surface area contributed by atoms with E-state index >= 15 is 0 Å². The smallest absolute Gasteiger partial charge is 0.251 e. The first kappa shape index (κ1) is 12.2. The van der Waals surface area contributed by atoms with Crippen LogP contribution < -0.4 is 5.32 Å². The average Bonchev–Trinajstić information content (AvgIpc) is 2.88. The number of phenols is 1. The lowest BCUT2D eigenvalue weighted by atomic mass is 10.2. The van der Waals surface area contributed by atoms with Crippen LogP contribution in [0.2, 0.25) is 0 Å². The highest BCUT2D eigenvalue weighted by Crippen LogP contribution is 2.09. The van der Waals surface area contributed by atoms with Crippen LogP contribution >= 0.6 is 0 Å². The first-order chi connectivity index (χ1) is 8.75. The van der Waals surface area contributed by atoms with Gasteiger partial charge in [-0.15, -0.1) is 0 Å². The van der Waals surface area contributed by atoms with Crippen LogP contribution in [-0.2, 0) is 6.54 Å². The number of amides is 1. The Balaban J connectivity index is 1.73. The molecule has 5 nitrogen and oxygen atoms in total. The van der Waals surface area contributed by atoms with Gasteiger partial charge >= 0.3 is 0 Å². The minimum Gasteiger partial charge on any atom is -0.508 e. The molecule has 0 bridgehead atoms. The number of nitrogens with one attached hydrogen (secondary N) is 1. The highest BCUT2D eigenvalue weighted by molar-refractivity contribution is 5.94. The lowest BCUT2D eigenvalue weighted by molar-refractivity contribution is 0.0952. The van der Waals surface area contributed by atoms with Crippen molar-refractivity contribution in [3.05, 3.63) is 48.3 Å². The summed E-state index contributed by atoms with van der Waals surface area (Å²) >= 11 is 0. The van der Waals surface area contributed by atoms with Crippen molar-refractivity contribution in [1.29, 1.82) is 0 Å². The Morgan fingerprint density at radius 3 is 2.78 bits per heavy atom. The van der Waals surface area contributed by atoms with Crippen LogP contribution in [0.4, 0.5) is 0 Å². The molecule has 0 atom stereocenters. The van der Waals surface area contributed by atoms with E-state index in [0.29, 0.717) is 12.1 Å². The third kappa shape index (κ3) is 3.35. The van der Waals surface area contributed by atoms with Gasteiger partial charge in [0.25, 0.3) is 5.91 Å². The van der Waals surface area contributed by atoms with E-state index in [2.05, 4.69) is 10.4 Å². The van der Waals surface area contributed by atoms with E-state index in [4.69, 9.17) is 5.11 Å². The van der Waals surface area contributed by atoms with Gasteiger partial charge in [-0.25, -0.2) is 0 Å². The van der Waals surface area contributed by atoms with Crippen LogP contribution in [-0.4, -0.2) is 27.3 Å². The van der Waals surface area contributed by atoms with Crippen molar-refractivity contribution < 1.29 is 9.90 Å². The van der Waals surface area contributed by atoms with Crippen molar-refractivity contribution in [2.45, 2.75) is 13.0 Å². The molecule has 1 aromatic heterocycles. The minimum absolute atomic E-state index is 0.129. The van der Waals surface area contributed by atoms with E-state index in [9.17, 15) is 4.79 Å². The minimum atomic E-state index is -0.129. The predicted octanol–water partition coefficient (Wildman–Crippen LogP) is 1.41. The van der Waals surface area contributed by atoms with Gasteiger partial charge in [0.1, 0.15) is 5.75 Å². The van der Waals surface area contributed by atoms with E-state index < -0.39 is 0 Å². The lowest BCUT2D eigenvalue weighted by Gasteiger charge is -2.05. The van der Waals surface area contributed by atoms with Crippen molar-refractivity contribution >= 4 is 5.91 Å². The van der Waals surface area contributed by atoms with Crippen molar-refractivity contribution in [3.63, 3.8) is 0 Å². The molecule has 0 radical (unpaired) electrons. The van der Waals surface area contributed by atoms with Crippen molar-refractivity contribution in [2.75, 3.05) is 6.54 Å². The van der Waals surface area contributed by atoms with Crippen LogP contribution in [0.25, 0.3) is 0 Å². The second-order valence-electron chi connectivity index (χ2n) is 3.93. The monoisotopic (exact) mass is 245 g/mol. The number of carbonyl (C=O) groups is 1. The SMILES string of the molecule is O=C(NCCCn1cccn1)c1ccc(O)cc1. The Morgan fingerprint density at radius 2 is 2.11 bits per heavy atom. The molecule has 5 heteroatoms. The molecule has 94 valence electrons. The largest absolute Gasteiger partial charge is 0.508 e. The zero-order valence-electron chi connectivity index (χ0n) is 9.91. The van der Waals surface area contributed by atoms with Crippen molar-refractivity contribution in [1.82, 2.24) is 15.1 Å². The zero-order valence-corrected chi connectivity index (χ0v) is 9.91. The Morgan fingerprint density at radius 1 is 1.33 bits per heavy atom. The maximum Gasteiger partial charge on any atom is 0.251 e. The molecule has 2 rings (SSSR count). The molecule has 1 heterocycles. The number of hydrogen-bond donors (Lipinski definition) is 2. The van der Waals surface area contributed by atoms with Crippen LogP contribution in [0.15, 0.2) is 42.7 Å². The molecule has 0 unspecified atom stereocenters. The van der Waals surface area contributed by atoms with Crippen molar-refractivity contribution in [3.8, 4) is 5.75 Å². The third-order valence-corrected chi connectivity index (χ3v) is 2.54. The van der Waals surface area contributed by atoms with Crippen molar-refractivity contribution in [2.24, 2.45) is 0 Å². The fraction of sp³-hybridized carbons (Fsp3) is 0.231. The summed E-state index contributed by atoms with van der Waals surface area (Å²) in [6.07, 6.45) is 4.45. The number of aromatic hydroxyl groups is 1. The highest BCUT2D eigenvalue weighted by atomic mass is 16.3. The van der Waals surface area contributed by atoms with Gasteiger partial charge in [-0.05, 0) is 36.8 Å². The van der Waals surface area contributed by atoms with Gasteiger partial charge in [-0.3, -0.25) is 9.48 Å². The Bertz CT molecular complexity index is 491. The van der Waals surface area contributed by atoms with Gasteiger partial charge in [-0.1, -0.05) is 0 Å². The van der Waals surface area contributed by atoms with Gasteiger partial charge in [-0.2, -0.15) is 5.10 Å². The topological polar surface area (TPSA) is 67.2 Å². The fourth-order valence-corrected chi connectivity index (χ4v) is 1.59. The molecule has 0 saturated heterocycles. The number of aromatic nitrogens is 2. The number of carbonyl (C=O) groups excluding carboxylic acids is 1. The predicted molar refractivity (Wildman–Crippen MR) is 67.3 cm³/mol. The molecular weight excluding hydrogens is 230 g/mol. The summed E-state index contributed by atoms with van der Waals surface area (Å²) < 4.78 is 1.83. The summed E-state index contributed by atoms with van der Waals surface area (Å²) in [5, 5.41) is 16.0. The first-order valence-electron chi connectivity index (χ1n) is 5.80. The average molecular weight is 245 g/mol. The van der Waals surface area contributed by atoms with Gasteiger partial charge in [0.05, 0.1) is 0 Å². The van der Waals surface area contributed by atoms with E-state index in [1.54, 1.807) is 18.3 Å². The second-order valence-corrected chi connectivity index (χ2v) is 3.93. The Hall–Kier alpha value is -2.30. The number of nitrogens with zero attached hydrogens (tertiary/aromatic N) is 2. The van der Waals surface area contributed by atoms with E-state index in [-0.39, 0.29) is 11.7 Å². The van der Waals surface area contributed by atoms with Gasteiger partial charge in [0.15, 0.2) is 0 Å². The van der Waals surface area contributed by atoms with E-state index in [1.165, 1.54) is 12.1 Å². The van der Waals surface area contributed by atoms with E-state index in [0.717, 1.165) is 13.0 Å². The summed E-state index contributed by atoms with van der Waals surface area (Å²) in [4.78, 5) is 11.7. The Kier molecular flexibility index (Phi) is 3.96. The molecule has 0 fully saturated rings. The molecule has 2 N–H and O–H groups in total. The lowest BCUT2D eigenvalue weighted by Crippen LogP contribution is -2.25. The molecule has 2 aromatic rings. The molecule has 0 saturated carbocycles. The Labute approximate surface area is 105 Å². The molecule has 1 aromatic carbocycles. The third-order valence-electron chi connectivity index (χ3n) is 2.54. The van der Waals surface area contributed by atoms with Gasteiger partial charge in [0, 0.05) is 31.0 Å². The number of aryl methyl sites for hydroxylation is 1. The second kappa shape index (κ2) is 5.86. The van der Waals surface area contributed by atoms with Crippen LogP contribution in [0.1, 0.15) is 16.8 Å². The normalized spacial score (nSPS) is 10.2. The van der Waals surface area contributed by atoms with Crippen LogP contribution in [0.5, 0.6) is 5.75 Å². The molecule has 0 spiro atoms. The summed E-state index contributed by atoms with van der Waals surface area (Å²) in [6, 6.07) is 8.06. The van der Waals surface area contributed by atoms with E-state index in [1.807, 2.05) is 16.9 Å². The quantitative estimate of drug-likeness (QED) is 0.783. The van der Waals surface area contributed by atoms with Crippen LogP contribution in [0.3, 0.4) is 0 Å². The molecular formula is C13H15N3O2. The summed E-state index contributed by atoms with van der Waals surface area (Å²) in [5.74, 6) is 0.0284. The molecule has 0 aliphatic heterocycles. The fourth-order valence-electron chi connectivity index (χ4n) is 1.59. The number of rotatable bonds is 5. The maximum absolute atomic E-state index is 11.7. The molecule has 0 aliphatic rings. The summed E-state index contributed by atoms with van der Waals surface area (Å²) in [6.45, 7) is 1.38. The molecule has 0 aliphatic carbocycles. The standard InChI is InChI=1S/C13H15N3O2/c17-12-5-3-11(4-6-12)13(18)14-7-1-9-16-10-2-8-15-16/h2-6,8,10,17H,1,7,9H2,(H,14,18). The number of benzene rings is 1. The molecule has 1 amide bonds. The van der Waals surface area contributed by atoms with Crippen LogP contribution in [0, 0.1) is 0 Å². The highest BCUT2D eigenvalue weighted by Gasteiger charge is 2.03. The number of hydrogen-bond acceptors (Lipinski definition) is 3. The first-order valence-corrected chi connectivity index (χ1v) is 5.80. The summed E-state index contributed by atoms with van der Waals surface area (Å²) in [5.41, 5.74) is 0.548. The van der Waals surface area contributed by atoms with Gasteiger partial charge < -0.3 is 10.4 Å². The zero-order chi connectivity index (χ0) is 12.8. The number of phenolic OH excluding ortho intramolecular Hbond substituents is 1. The van der Waals surface area contributed by atoms with Gasteiger partial charge in [0.2, 0.25) is 0 Å².